The molecule has 3 aromatic rings. The Labute approximate surface area is 175 Å². The van der Waals surface area contributed by atoms with Gasteiger partial charge in [0.1, 0.15) is 17.3 Å². The number of furan rings is 1. The summed E-state index contributed by atoms with van der Waals surface area (Å²) in [5.74, 6) is 2.01. The van der Waals surface area contributed by atoms with Crippen LogP contribution in [0.5, 0.6) is 5.75 Å². The van der Waals surface area contributed by atoms with Crippen molar-refractivity contribution in [2.45, 2.75) is 13.5 Å². The number of aryl methyl sites for hydroxylation is 1. The van der Waals surface area contributed by atoms with E-state index in [1.54, 1.807) is 55.6 Å². The van der Waals surface area contributed by atoms with Crippen LogP contribution >= 0.6 is 0 Å². The Bertz CT molecular complexity index is 994. The topological polar surface area (TPSA) is 83.8 Å². The molecule has 2 aromatic carbocycles. The van der Waals surface area contributed by atoms with Gasteiger partial charge < -0.3 is 19.8 Å². The molecule has 7 heteroatoms. The number of nitrogens with zero attached hydrogens (tertiary/aromatic N) is 1. The van der Waals surface area contributed by atoms with Gasteiger partial charge in [-0.05, 0) is 74.6 Å². The molecule has 2 amide bonds. The molecule has 3 rings (SSSR count). The quantitative estimate of drug-likeness (QED) is 0.591. The van der Waals surface area contributed by atoms with Gasteiger partial charge in [-0.15, -0.1) is 0 Å². The molecule has 0 atom stereocenters. The highest BCUT2D eigenvalue weighted by Gasteiger charge is 2.11. The lowest BCUT2D eigenvalue weighted by molar-refractivity contribution is -0.117. The average molecular weight is 407 g/mol. The maximum absolute atomic E-state index is 12.4. The third kappa shape index (κ3) is 5.96. The van der Waals surface area contributed by atoms with Gasteiger partial charge in [0.15, 0.2) is 0 Å². The van der Waals surface area contributed by atoms with Crippen molar-refractivity contribution in [3.63, 3.8) is 0 Å². The number of hydrogen-bond donors (Lipinski definition) is 2. The Hall–Kier alpha value is -3.58. The van der Waals surface area contributed by atoms with E-state index in [0.29, 0.717) is 23.5 Å². The summed E-state index contributed by atoms with van der Waals surface area (Å²) in [5.41, 5.74) is 1.80. The molecule has 0 saturated carbocycles. The smallest absolute Gasteiger partial charge is 0.255 e. The van der Waals surface area contributed by atoms with E-state index in [0.717, 1.165) is 17.3 Å². The lowest BCUT2D eigenvalue weighted by Gasteiger charge is -2.15. The van der Waals surface area contributed by atoms with Gasteiger partial charge in [0.05, 0.1) is 20.2 Å². The number of ether oxygens (including phenoxy) is 1. The molecule has 0 aliphatic rings. The first-order chi connectivity index (χ1) is 14.4. The number of anilines is 2. The van der Waals surface area contributed by atoms with Crippen LogP contribution in [-0.2, 0) is 11.3 Å². The van der Waals surface area contributed by atoms with Crippen LogP contribution in [0.25, 0.3) is 0 Å². The summed E-state index contributed by atoms with van der Waals surface area (Å²) in [6.07, 6.45) is 0. The van der Waals surface area contributed by atoms with E-state index >= 15 is 0 Å². The summed E-state index contributed by atoms with van der Waals surface area (Å²) in [6.45, 7) is 2.66. The number of rotatable bonds is 8. The molecule has 0 aliphatic carbocycles. The van der Waals surface area contributed by atoms with Crippen molar-refractivity contribution in [2.75, 3.05) is 31.3 Å². The summed E-state index contributed by atoms with van der Waals surface area (Å²) in [5, 5.41) is 5.66. The van der Waals surface area contributed by atoms with Gasteiger partial charge in [0, 0.05) is 16.9 Å². The standard InChI is InChI=1S/C23H25N3O4/c1-16-4-11-21(30-16)14-26(2)15-22(27)24-18-7-5-17(6-8-18)23(28)25-19-9-12-20(29-3)13-10-19/h4-13H,14-15H2,1-3H3,(H,24,27)(H,25,28). The molecular formula is C23H25N3O4. The van der Waals surface area contributed by atoms with Gasteiger partial charge in [-0.2, -0.15) is 0 Å². The Morgan fingerprint density at radius 2 is 1.57 bits per heavy atom. The predicted octanol–water partition coefficient (Wildman–Crippen LogP) is 3.92. The van der Waals surface area contributed by atoms with Crippen LogP contribution in [0.4, 0.5) is 11.4 Å². The van der Waals surface area contributed by atoms with Crippen LogP contribution in [0.1, 0.15) is 21.9 Å². The van der Waals surface area contributed by atoms with Crippen molar-refractivity contribution in [1.82, 2.24) is 4.90 Å². The first kappa shape index (κ1) is 21.1. The molecule has 0 radical (unpaired) electrons. The lowest BCUT2D eigenvalue weighted by Crippen LogP contribution is -2.29. The molecule has 0 spiro atoms. The Morgan fingerprint density at radius 3 is 2.17 bits per heavy atom. The molecule has 1 aromatic heterocycles. The third-order valence-corrected chi connectivity index (χ3v) is 4.41. The number of benzene rings is 2. The second kappa shape index (κ2) is 9.76. The van der Waals surface area contributed by atoms with Gasteiger partial charge in [0.25, 0.3) is 5.91 Å². The minimum absolute atomic E-state index is 0.142. The van der Waals surface area contributed by atoms with Crippen molar-refractivity contribution in [1.29, 1.82) is 0 Å². The van der Waals surface area contributed by atoms with E-state index in [1.807, 2.05) is 31.0 Å². The molecule has 1 heterocycles. The van der Waals surface area contributed by atoms with Crippen molar-refractivity contribution in [3.05, 3.63) is 77.7 Å². The van der Waals surface area contributed by atoms with E-state index in [1.165, 1.54) is 0 Å². The Kier molecular flexibility index (Phi) is 6.87. The molecule has 0 unspecified atom stereocenters. The number of hydrogen-bond acceptors (Lipinski definition) is 5. The van der Waals surface area contributed by atoms with Gasteiger partial charge in [-0.25, -0.2) is 0 Å². The fourth-order valence-electron chi connectivity index (χ4n) is 2.92. The maximum atomic E-state index is 12.4. The predicted molar refractivity (Wildman–Crippen MR) is 116 cm³/mol. The van der Waals surface area contributed by atoms with E-state index in [-0.39, 0.29) is 18.4 Å². The molecular weight excluding hydrogens is 382 g/mol. The number of carbonyl (C=O) groups excluding carboxylic acids is 2. The van der Waals surface area contributed by atoms with Crippen molar-refractivity contribution < 1.29 is 18.7 Å². The molecule has 156 valence electrons. The van der Waals surface area contributed by atoms with Gasteiger partial charge in [-0.1, -0.05) is 0 Å². The summed E-state index contributed by atoms with van der Waals surface area (Å²) in [7, 11) is 3.44. The molecule has 7 nitrogen and oxygen atoms in total. The zero-order chi connectivity index (χ0) is 21.5. The summed E-state index contributed by atoms with van der Waals surface area (Å²) < 4.78 is 10.6. The zero-order valence-electron chi connectivity index (χ0n) is 17.3. The van der Waals surface area contributed by atoms with Crippen LogP contribution in [0, 0.1) is 6.92 Å². The number of nitrogens with one attached hydrogen (secondary N) is 2. The molecule has 30 heavy (non-hydrogen) atoms. The first-order valence-electron chi connectivity index (χ1n) is 9.52. The van der Waals surface area contributed by atoms with E-state index in [4.69, 9.17) is 9.15 Å². The summed E-state index contributed by atoms with van der Waals surface area (Å²) in [4.78, 5) is 26.5. The third-order valence-electron chi connectivity index (χ3n) is 4.41. The van der Waals surface area contributed by atoms with Crippen LogP contribution in [0.3, 0.4) is 0 Å². The average Bonchev–Trinajstić information content (AvgIpc) is 3.13. The monoisotopic (exact) mass is 407 g/mol. The number of likely N-dealkylation sites (N-methyl/N-ethyl adjacent to an activating group) is 1. The number of amides is 2. The van der Waals surface area contributed by atoms with Gasteiger partial charge >= 0.3 is 0 Å². The fraction of sp³-hybridized carbons (Fsp3) is 0.217. The minimum atomic E-state index is -0.230. The van der Waals surface area contributed by atoms with E-state index in [2.05, 4.69) is 10.6 Å². The highest BCUT2D eigenvalue weighted by atomic mass is 16.5. The van der Waals surface area contributed by atoms with Crippen LogP contribution in [0.2, 0.25) is 0 Å². The lowest BCUT2D eigenvalue weighted by atomic mass is 10.2. The van der Waals surface area contributed by atoms with E-state index in [9.17, 15) is 9.59 Å². The first-order valence-corrected chi connectivity index (χ1v) is 9.52. The molecule has 0 aliphatic heterocycles. The normalized spacial score (nSPS) is 10.7. The van der Waals surface area contributed by atoms with E-state index < -0.39 is 0 Å². The highest BCUT2D eigenvalue weighted by molar-refractivity contribution is 6.04. The maximum Gasteiger partial charge on any atom is 0.255 e. The summed E-state index contributed by atoms with van der Waals surface area (Å²) >= 11 is 0. The van der Waals surface area contributed by atoms with Crippen molar-refractivity contribution in [2.24, 2.45) is 0 Å². The number of methoxy groups -OCH3 is 1. The van der Waals surface area contributed by atoms with Crippen molar-refractivity contribution >= 4 is 23.2 Å². The zero-order valence-corrected chi connectivity index (χ0v) is 17.3. The Balaban J connectivity index is 1.50. The van der Waals surface area contributed by atoms with Gasteiger partial charge in [0.2, 0.25) is 5.91 Å². The van der Waals surface area contributed by atoms with Gasteiger partial charge in [-0.3, -0.25) is 14.5 Å². The Morgan fingerprint density at radius 1 is 0.933 bits per heavy atom. The van der Waals surface area contributed by atoms with Crippen LogP contribution in [-0.4, -0.2) is 37.4 Å². The minimum Gasteiger partial charge on any atom is -0.497 e. The molecule has 0 bridgehead atoms. The highest BCUT2D eigenvalue weighted by Crippen LogP contribution is 2.17. The van der Waals surface area contributed by atoms with Crippen molar-refractivity contribution in [3.8, 4) is 5.75 Å². The van der Waals surface area contributed by atoms with Crippen LogP contribution in [0.15, 0.2) is 65.1 Å². The number of carbonyl (C=O) groups is 2. The fourth-order valence-corrected chi connectivity index (χ4v) is 2.92. The second-order valence-electron chi connectivity index (χ2n) is 6.99. The van der Waals surface area contributed by atoms with Crippen LogP contribution < -0.4 is 15.4 Å². The molecule has 0 saturated heterocycles. The SMILES string of the molecule is COc1ccc(NC(=O)c2ccc(NC(=O)CN(C)Cc3ccc(C)o3)cc2)cc1. The molecule has 2 N–H and O–H groups in total. The molecule has 0 fully saturated rings. The largest absolute Gasteiger partial charge is 0.497 e. The summed E-state index contributed by atoms with van der Waals surface area (Å²) in [6, 6.07) is 17.6. The second-order valence-corrected chi connectivity index (χ2v) is 6.99.